The van der Waals surface area contributed by atoms with Gasteiger partial charge in [0, 0.05) is 24.2 Å². The third-order valence-corrected chi connectivity index (χ3v) is 2.30. The highest BCUT2D eigenvalue weighted by atomic mass is 19.4. The number of aromatic nitrogens is 2. The zero-order valence-electron chi connectivity index (χ0n) is 9.22. The van der Waals surface area contributed by atoms with Crippen molar-refractivity contribution in [2.75, 3.05) is 5.32 Å². The minimum Gasteiger partial charge on any atom is -0.355 e. The van der Waals surface area contributed by atoms with Crippen molar-refractivity contribution < 1.29 is 13.2 Å². The molecule has 0 aliphatic heterocycles. The highest BCUT2D eigenvalue weighted by Gasteiger charge is 2.41. The van der Waals surface area contributed by atoms with Gasteiger partial charge in [-0.15, -0.1) is 0 Å². The summed E-state index contributed by atoms with van der Waals surface area (Å²) in [6.07, 6.45) is -0.370. The van der Waals surface area contributed by atoms with Crippen molar-refractivity contribution in [1.29, 1.82) is 0 Å². The van der Waals surface area contributed by atoms with E-state index in [1.54, 1.807) is 12.1 Å². The molecule has 0 aliphatic carbocycles. The Hall–Kier alpha value is -2.11. The van der Waals surface area contributed by atoms with Crippen LogP contribution in [0, 0.1) is 0 Å². The number of hydrogen-bond donors (Lipinski definition) is 1. The molecule has 6 heteroatoms. The summed E-state index contributed by atoms with van der Waals surface area (Å²) in [7, 11) is 0. The first-order valence-corrected chi connectivity index (χ1v) is 5.21. The minimum atomic E-state index is -4.42. The van der Waals surface area contributed by atoms with Gasteiger partial charge in [0.2, 0.25) is 0 Å². The first-order chi connectivity index (χ1) is 8.57. The molecule has 2 aromatic heterocycles. The Labute approximate surface area is 102 Å². The number of anilines is 1. The van der Waals surface area contributed by atoms with Crippen molar-refractivity contribution in [3.05, 3.63) is 54.5 Å². The number of halogens is 3. The van der Waals surface area contributed by atoms with Crippen LogP contribution in [0.25, 0.3) is 0 Å². The van der Waals surface area contributed by atoms with Gasteiger partial charge in [0.25, 0.3) is 0 Å². The van der Waals surface area contributed by atoms with E-state index in [9.17, 15) is 13.2 Å². The summed E-state index contributed by atoms with van der Waals surface area (Å²) in [6.45, 7) is 0. The zero-order chi connectivity index (χ0) is 13.0. The monoisotopic (exact) mass is 253 g/mol. The van der Waals surface area contributed by atoms with Gasteiger partial charge < -0.3 is 5.32 Å². The summed E-state index contributed by atoms with van der Waals surface area (Å²) in [6, 6.07) is 5.76. The van der Waals surface area contributed by atoms with E-state index in [0.717, 1.165) is 0 Å². The standard InChI is InChI=1S/C12H10F3N3/c13-12(14,15)11(9-4-3-6-16-8-9)18-10-5-1-2-7-17-10/h1-8,11H,(H,17,18). The summed E-state index contributed by atoms with van der Waals surface area (Å²) in [5.41, 5.74) is 0.0515. The van der Waals surface area contributed by atoms with Gasteiger partial charge in [0.1, 0.15) is 5.82 Å². The number of pyridine rings is 2. The smallest absolute Gasteiger partial charge is 0.355 e. The zero-order valence-corrected chi connectivity index (χ0v) is 9.22. The molecule has 0 aliphatic rings. The van der Waals surface area contributed by atoms with E-state index in [1.165, 1.54) is 36.8 Å². The molecule has 0 radical (unpaired) electrons. The molecule has 1 unspecified atom stereocenters. The Morgan fingerprint density at radius 2 is 1.89 bits per heavy atom. The fourth-order valence-electron chi connectivity index (χ4n) is 1.50. The predicted molar refractivity (Wildman–Crippen MR) is 60.9 cm³/mol. The Balaban J connectivity index is 2.28. The van der Waals surface area contributed by atoms with Crippen LogP contribution in [-0.4, -0.2) is 16.1 Å². The number of hydrogen-bond acceptors (Lipinski definition) is 3. The first kappa shape index (κ1) is 12.3. The number of rotatable bonds is 3. The summed E-state index contributed by atoms with van der Waals surface area (Å²) >= 11 is 0. The first-order valence-electron chi connectivity index (χ1n) is 5.21. The molecule has 2 rings (SSSR count). The van der Waals surface area contributed by atoms with Gasteiger partial charge in [-0.05, 0) is 18.2 Å². The maximum atomic E-state index is 13.0. The molecule has 2 heterocycles. The molecule has 0 saturated carbocycles. The van der Waals surface area contributed by atoms with Crippen LogP contribution < -0.4 is 5.32 Å². The summed E-state index contributed by atoms with van der Waals surface area (Å²) < 4.78 is 38.9. The highest BCUT2D eigenvalue weighted by molar-refractivity contribution is 5.38. The third kappa shape index (κ3) is 2.97. The van der Waals surface area contributed by atoms with E-state index in [2.05, 4.69) is 15.3 Å². The van der Waals surface area contributed by atoms with Crippen molar-refractivity contribution in [1.82, 2.24) is 9.97 Å². The van der Waals surface area contributed by atoms with Crippen molar-refractivity contribution in [2.45, 2.75) is 12.2 Å². The summed E-state index contributed by atoms with van der Waals surface area (Å²) in [5.74, 6) is 0.170. The predicted octanol–water partition coefficient (Wildman–Crippen LogP) is 3.19. The molecule has 1 atom stereocenters. The lowest BCUT2D eigenvalue weighted by molar-refractivity contribution is -0.144. The van der Waals surface area contributed by atoms with Crippen molar-refractivity contribution in [2.24, 2.45) is 0 Å². The molecule has 2 aromatic rings. The molecule has 0 aromatic carbocycles. The SMILES string of the molecule is FC(F)(F)C(Nc1ccccn1)c1cccnc1. The number of alkyl halides is 3. The van der Waals surface area contributed by atoms with E-state index >= 15 is 0 Å². The van der Waals surface area contributed by atoms with E-state index in [-0.39, 0.29) is 11.4 Å². The lowest BCUT2D eigenvalue weighted by Gasteiger charge is -2.22. The Morgan fingerprint density at radius 1 is 1.06 bits per heavy atom. The Bertz CT molecular complexity index is 485. The largest absolute Gasteiger partial charge is 0.412 e. The topological polar surface area (TPSA) is 37.8 Å². The van der Waals surface area contributed by atoms with Crippen LogP contribution in [0.3, 0.4) is 0 Å². The quantitative estimate of drug-likeness (QED) is 0.912. The fourth-order valence-corrected chi connectivity index (χ4v) is 1.50. The highest BCUT2D eigenvalue weighted by Crippen LogP contribution is 2.34. The van der Waals surface area contributed by atoms with Gasteiger partial charge in [-0.25, -0.2) is 4.98 Å². The molecule has 1 N–H and O–H groups in total. The van der Waals surface area contributed by atoms with E-state index in [1.807, 2.05) is 0 Å². The molecule has 94 valence electrons. The van der Waals surface area contributed by atoms with Crippen LogP contribution in [0.15, 0.2) is 48.9 Å². The maximum Gasteiger partial charge on any atom is 0.412 e. The van der Waals surface area contributed by atoms with Crippen LogP contribution in [0.1, 0.15) is 11.6 Å². The fraction of sp³-hybridized carbons (Fsp3) is 0.167. The van der Waals surface area contributed by atoms with E-state index in [0.29, 0.717) is 0 Å². The van der Waals surface area contributed by atoms with Gasteiger partial charge in [0.15, 0.2) is 6.04 Å². The molecule has 0 bridgehead atoms. The molecule has 0 saturated heterocycles. The lowest BCUT2D eigenvalue weighted by Crippen LogP contribution is -2.28. The summed E-state index contributed by atoms with van der Waals surface area (Å²) in [5, 5.41) is 2.36. The van der Waals surface area contributed by atoms with E-state index < -0.39 is 12.2 Å². The van der Waals surface area contributed by atoms with E-state index in [4.69, 9.17) is 0 Å². The average molecular weight is 253 g/mol. The number of nitrogens with zero attached hydrogens (tertiary/aromatic N) is 2. The minimum absolute atomic E-state index is 0.0515. The lowest BCUT2D eigenvalue weighted by atomic mass is 10.1. The van der Waals surface area contributed by atoms with Gasteiger partial charge in [-0.2, -0.15) is 13.2 Å². The van der Waals surface area contributed by atoms with Gasteiger partial charge >= 0.3 is 6.18 Å². The molecule has 0 amide bonds. The number of nitrogens with one attached hydrogen (secondary N) is 1. The molecular weight excluding hydrogens is 243 g/mol. The maximum absolute atomic E-state index is 13.0. The molecule has 3 nitrogen and oxygen atoms in total. The second-order valence-electron chi connectivity index (χ2n) is 3.62. The Morgan fingerprint density at radius 3 is 2.44 bits per heavy atom. The van der Waals surface area contributed by atoms with Crippen LogP contribution in [0.2, 0.25) is 0 Å². The van der Waals surface area contributed by atoms with Crippen molar-refractivity contribution in [3.63, 3.8) is 0 Å². The van der Waals surface area contributed by atoms with Crippen LogP contribution in [0.5, 0.6) is 0 Å². The van der Waals surface area contributed by atoms with Gasteiger partial charge in [-0.1, -0.05) is 12.1 Å². The van der Waals surface area contributed by atoms with Crippen LogP contribution in [0.4, 0.5) is 19.0 Å². The second kappa shape index (κ2) is 5.03. The molecule has 18 heavy (non-hydrogen) atoms. The average Bonchev–Trinajstić information content (AvgIpc) is 2.37. The molecular formula is C12H10F3N3. The van der Waals surface area contributed by atoms with Gasteiger partial charge in [0.05, 0.1) is 0 Å². The second-order valence-corrected chi connectivity index (χ2v) is 3.62. The van der Waals surface area contributed by atoms with Crippen molar-refractivity contribution >= 4 is 5.82 Å². The van der Waals surface area contributed by atoms with Crippen LogP contribution >= 0.6 is 0 Å². The molecule has 0 spiro atoms. The molecule has 0 fully saturated rings. The van der Waals surface area contributed by atoms with Crippen molar-refractivity contribution in [3.8, 4) is 0 Å². The van der Waals surface area contributed by atoms with Gasteiger partial charge in [-0.3, -0.25) is 4.98 Å². The summed E-state index contributed by atoms with van der Waals surface area (Å²) in [4.78, 5) is 7.53. The van der Waals surface area contributed by atoms with Crippen LogP contribution in [-0.2, 0) is 0 Å². The third-order valence-electron chi connectivity index (χ3n) is 2.30. The Kier molecular flexibility index (Phi) is 3.45. The normalized spacial score (nSPS) is 13.1.